The highest BCUT2D eigenvalue weighted by Gasteiger charge is 2.04. The molecule has 2 aromatic rings. The molecule has 0 aromatic heterocycles. The standard InChI is InChI=1S/C17H19N3OS/c1-11-6-4-9-16(12(11)2)20-17(22)19-15-8-5-7-14(10-15)18-13(3)21/h4-10H,1-3H3,(H,18,21)(H2,19,20,22). The van der Waals surface area contributed by atoms with Gasteiger partial charge in [-0.3, -0.25) is 4.79 Å². The number of carbonyl (C=O) groups is 1. The monoisotopic (exact) mass is 313 g/mol. The highest BCUT2D eigenvalue weighted by atomic mass is 32.1. The Hall–Kier alpha value is -2.40. The SMILES string of the molecule is CC(=O)Nc1cccc(NC(=S)Nc2cccc(C)c2C)c1. The van der Waals surface area contributed by atoms with Crippen molar-refractivity contribution in [3.8, 4) is 0 Å². The minimum absolute atomic E-state index is 0.103. The van der Waals surface area contributed by atoms with Gasteiger partial charge in [-0.05, 0) is 61.5 Å². The third-order valence-electron chi connectivity index (χ3n) is 3.29. The normalized spacial score (nSPS) is 9.95. The largest absolute Gasteiger partial charge is 0.332 e. The molecule has 0 saturated carbocycles. The molecule has 5 heteroatoms. The van der Waals surface area contributed by atoms with Crippen molar-refractivity contribution in [2.75, 3.05) is 16.0 Å². The Morgan fingerprint density at radius 2 is 1.59 bits per heavy atom. The van der Waals surface area contributed by atoms with Gasteiger partial charge in [0.05, 0.1) is 0 Å². The first kappa shape index (κ1) is 16.0. The van der Waals surface area contributed by atoms with Gasteiger partial charge >= 0.3 is 0 Å². The zero-order valence-electron chi connectivity index (χ0n) is 12.9. The average molecular weight is 313 g/mol. The maximum absolute atomic E-state index is 11.1. The second-order valence-corrected chi connectivity index (χ2v) is 5.50. The van der Waals surface area contributed by atoms with Gasteiger partial charge < -0.3 is 16.0 Å². The molecule has 0 spiro atoms. The lowest BCUT2D eigenvalue weighted by atomic mass is 10.1. The van der Waals surface area contributed by atoms with E-state index in [1.807, 2.05) is 36.4 Å². The van der Waals surface area contributed by atoms with Crippen molar-refractivity contribution in [1.82, 2.24) is 0 Å². The quantitative estimate of drug-likeness (QED) is 0.748. The molecule has 0 saturated heterocycles. The molecule has 2 rings (SSSR count). The lowest BCUT2D eigenvalue weighted by molar-refractivity contribution is -0.114. The van der Waals surface area contributed by atoms with Crippen molar-refractivity contribution in [3.05, 3.63) is 53.6 Å². The molecule has 0 atom stereocenters. The Kier molecular flexibility index (Phi) is 5.12. The Labute approximate surface area is 135 Å². The van der Waals surface area contributed by atoms with Gasteiger partial charge in [-0.15, -0.1) is 0 Å². The molecule has 22 heavy (non-hydrogen) atoms. The van der Waals surface area contributed by atoms with E-state index in [1.165, 1.54) is 18.1 Å². The number of hydrogen-bond donors (Lipinski definition) is 3. The summed E-state index contributed by atoms with van der Waals surface area (Å²) in [5, 5.41) is 9.56. The average Bonchev–Trinajstić information content (AvgIpc) is 2.43. The fourth-order valence-electron chi connectivity index (χ4n) is 2.05. The first-order chi connectivity index (χ1) is 10.5. The van der Waals surface area contributed by atoms with Crippen molar-refractivity contribution < 1.29 is 4.79 Å². The molecule has 0 heterocycles. The van der Waals surface area contributed by atoms with Gasteiger partial charge in [-0.2, -0.15) is 0 Å². The summed E-state index contributed by atoms with van der Waals surface area (Å²) in [5.74, 6) is -0.103. The van der Waals surface area contributed by atoms with E-state index in [-0.39, 0.29) is 5.91 Å². The van der Waals surface area contributed by atoms with Crippen molar-refractivity contribution in [2.24, 2.45) is 0 Å². The van der Waals surface area contributed by atoms with E-state index in [1.54, 1.807) is 0 Å². The molecule has 4 nitrogen and oxygen atoms in total. The number of hydrogen-bond acceptors (Lipinski definition) is 2. The molecular weight excluding hydrogens is 294 g/mol. The van der Waals surface area contributed by atoms with Crippen LogP contribution in [0.4, 0.5) is 17.1 Å². The Morgan fingerprint density at radius 1 is 0.955 bits per heavy atom. The molecule has 0 unspecified atom stereocenters. The summed E-state index contributed by atoms with van der Waals surface area (Å²) in [7, 11) is 0. The predicted molar refractivity (Wildman–Crippen MR) is 96.5 cm³/mol. The van der Waals surface area contributed by atoms with E-state index in [4.69, 9.17) is 12.2 Å². The summed E-state index contributed by atoms with van der Waals surface area (Å²) in [4.78, 5) is 11.1. The van der Waals surface area contributed by atoms with Crippen LogP contribution in [0.3, 0.4) is 0 Å². The van der Waals surface area contributed by atoms with Crippen LogP contribution in [0.15, 0.2) is 42.5 Å². The number of rotatable bonds is 3. The van der Waals surface area contributed by atoms with Crippen molar-refractivity contribution in [3.63, 3.8) is 0 Å². The van der Waals surface area contributed by atoms with Gasteiger partial charge in [-0.25, -0.2) is 0 Å². The Balaban J connectivity index is 2.06. The van der Waals surface area contributed by atoms with Crippen LogP contribution in [-0.2, 0) is 4.79 Å². The van der Waals surface area contributed by atoms with Gasteiger partial charge in [0, 0.05) is 24.0 Å². The van der Waals surface area contributed by atoms with E-state index < -0.39 is 0 Å². The van der Waals surface area contributed by atoms with Gasteiger partial charge in [0.1, 0.15) is 0 Å². The molecular formula is C17H19N3OS. The van der Waals surface area contributed by atoms with Crippen LogP contribution in [0.2, 0.25) is 0 Å². The third-order valence-corrected chi connectivity index (χ3v) is 3.50. The van der Waals surface area contributed by atoms with Gasteiger partial charge in [0.2, 0.25) is 5.91 Å². The Bertz CT molecular complexity index is 713. The van der Waals surface area contributed by atoms with Crippen molar-refractivity contribution in [1.29, 1.82) is 0 Å². The summed E-state index contributed by atoms with van der Waals surface area (Å²) < 4.78 is 0. The zero-order chi connectivity index (χ0) is 16.1. The minimum Gasteiger partial charge on any atom is -0.332 e. The molecule has 0 aliphatic carbocycles. The second-order valence-electron chi connectivity index (χ2n) is 5.09. The van der Waals surface area contributed by atoms with Gasteiger partial charge in [-0.1, -0.05) is 18.2 Å². The summed E-state index contributed by atoms with van der Waals surface area (Å²) in [6, 6.07) is 13.4. The number of carbonyl (C=O) groups excluding carboxylic acids is 1. The molecule has 0 bridgehead atoms. The van der Waals surface area contributed by atoms with E-state index in [0.29, 0.717) is 5.11 Å². The minimum atomic E-state index is -0.103. The van der Waals surface area contributed by atoms with Crippen LogP contribution in [0, 0.1) is 13.8 Å². The molecule has 3 N–H and O–H groups in total. The number of aryl methyl sites for hydroxylation is 1. The molecule has 0 fully saturated rings. The van der Waals surface area contributed by atoms with Crippen molar-refractivity contribution >= 4 is 40.3 Å². The molecule has 0 aliphatic heterocycles. The summed E-state index contributed by atoms with van der Waals surface area (Å²) in [6.07, 6.45) is 0. The van der Waals surface area contributed by atoms with Crippen LogP contribution in [0.1, 0.15) is 18.1 Å². The lowest BCUT2D eigenvalue weighted by Gasteiger charge is -2.14. The molecule has 114 valence electrons. The number of nitrogens with one attached hydrogen (secondary N) is 3. The van der Waals surface area contributed by atoms with E-state index in [9.17, 15) is 4.79 Å². The first-order valence-electron chi connectivity index (χ1n) is 6.97. The summed E-state index contributed by atoms with van der Waals surface area (Å²) in [6.45, 7) is 5.60. The molecule has 1 amide bonds. The van der Waals surface area contributed by atoms with Gasteiger partial charge in [0.15, 0.2) is 5.11 Å². The number of anilines is 3. The fraction of sp³-hybridized carbons (Fsp3) is 0.176. The molecule has 0 aliphatic rings. The lowest BCUT2D eigenvalue weighted by Crippen LogP contribution is -2.20. The van der Waals surface area contributed by atoms with Crippen LogP contribution < -0.4 is 16.0 Å². The molecule has 0 radical (unpaired) electrons. The predicted octanol–water partition coefficient (Wildman–Crippen LogP) is 4.07. The second kappa shape index (κ2) is 7.04. The smallest absolute Gasteiger partial charge is 0.221 e. The number of thiocarbonyl (C=S) groups is 1. The maximum atomic E-state index is 11.1. The summed E-state index contributed by atoms with van der Waals surface area (Å²) in [5.41, 5.74) is 4.90. The van der Waals surface area contributed by atoms with Gasteiger partial charge in [0.25, 0.3) is 0 Å². The van der Waals surface area contributed by atoms with Crippen molar-refractivity contribution in [2.45, 2.75) is 20.8 Å². The van der Waals surface area contributed by atoms with E-state index in [0.717, 1.165) is 17.1 Å². The fourth-order valence-corrected chi connectivity index (χ4v) is 2.28. The maximum Gasteiger partial charge on any atom is 0.221 e. The van der Waals surface area contributed by atoms with Crippen LogP contribution in [0.5, 0.6) is 0 Å². The highest BCUT2D eigenvalue weighted by Crippen LogP contribution is 2.19. The van der Waals surface area contributed by atoms with E-state index in [2.05, 4.69) is 35.9 Å². The van der Waals surface area contributed by atoms with E-state index >= 15 is 0 Å². The Morgan fingerprint density at radius 3 is 2.27 bits per heavy atom. The van der Waals surface area contributed by atoms with Crippen LogP contribution >= 0.6 is 12.2 Å². The highest BCUT2D eigenvalue weighted by molar-refractivity contribution is 7.80. The molecule has 2 aromatic carbocycles. The van der Waals surface area contributed by atoms with Crippen LogP contribution in [-0.4, -0.2) is 11.0 Å². The summed E-state index contributed by atoms with van der Waals surface area (Å²) >= 11 is 5.34. The first-order valence-corrected chi connectivity index (χ1v) is 7.38. The third kappa shape index (κ3) is 4.30. The number of benzene rings is 2. The number of amides is 1. The zero-order valence-corrected chi connectivity index (χ0v) is 13.7. The van der Waals surface area contributed by atoms with Crippen LogP contribution in [0.25, 0.3) is 0 Å². The topological polar surface area (TPSA) is 53.2 Å².